The van der Waals surface area contributed by atoms with Gasteiger partial charge < -0.3 is 9.47 Å². The van der Waals surface area contributed by atoms with Crippen molar-refractivity contribution in [3.8, 4) is 5.75 Å². The van der Waals surface area contributed by atoms with E-state index in [0.717, 1.165) is 30.0 Å². The van der Waals surface area contributed by atoms with Crippen LogP contribution in [0, 0.1) is 5.41 Å². The Labute approximate surface area is 141 Å². The third-order valence-electron chi connectivity index (χ3n) is 5.15. The van der Waals surface area contributed by atoms with E-state index in [-0.39, 0.29) is 17.4 Å². The molecular weight excluding hydrogens is 304 g/mol. The number of benzene rings is 2. The molecule has 0 radical (unpaired) electrons. The number of fused-ring (bicyclic) bond motifs is 1. The molecule has 1 aliphatic rings. The molecular formula is C20H22O4. The summed E-state index contributed by atoms with van der Waals surface area (Å²) >= 11 is 0. The molecule has 3 rings (SSSR count). The minimum atomic E-state index is -0.363. The summed E-state index contributed by atoms with van der Waals surface area (Å²) in [6.45, 7) is 2.14. The summed E-state index contributed by atoms with van der Waals surface area (Å²) in [6, 6.07) is 10.8. The highest BCUT2D eigenvalue weighted by Gasteiger charge is 2.37. The van der Waals surface area contributed by atoms with E-state index in [2.05, 4.69) is 6.92 Å². The smallest absolute Gasteiger partial charge is 0.337 e. The summed E-state index contributed by atoms with van der Waals surface area (Å²) in [7, 11) is 1.36. The SMILES string of the molecule is CCC1(CC(=O)Oc2ccc3cc(C(=O)OC)ccc3c2)CCC1. The lowest BCUT2D eigenvalue weighted by Gasteiger charge is -2.40. The number of hydrogen-bond donors (Lipinski definition) is 0. The first-order chi connectivity index (χ1) is 11.5. The van der Waals surface area contributed by atoms with Gasteiger partial charge >= 0.3 is 11.9 Å². The van der Waals surface area contributed by atoms with Crippen molar-refractivity contribution in [1.29, 1.82) is 0 Å². The van der Waals surface area contributed by atoms with Crippen LogP contribution < -0.4 is 4.74 Å². The molecule has 0 spiro atoms. The van der Waals surface area contributed by atoms with Crippen molar-refractivity contribution in [1.82, 2.24) is 0 Å². The predicted octanol–water partition coefficient (Wildman–Crippen LogP) is 4.50. The van der Waals surface area contributed by atoms with Crippen molar-refractivity contribution in [2.24, 2.45) is 5.41 Å². The molecule has 1 aliphatic carbocycles. The van der Waals surface area contributed by atoms with Gasteiger partial charge in [0.25, 0.3) is 0 Å². The molecule has 0 aromatic heterocycles. The van der Waals surface area contributed by atoms with E-state index < -0.39 is 0 Å². The number of ether oxygens (including phenoxy) is 2. The molecule has 0 saturated heterocycles. The van der Waals surface area contributed by atoms with Gasteiger partial charge in [-0.25, -0.2) is 4.79 Å². The zero-order valence-electron chi connectivity index (χ0n) is 14.1. The van der Waals surface area contributed by atoms with Crippen LogP contribution in [0.5, 0.6) is 5.75 Å². The standard InChI is InChI=1S/C20H22O4/c1-3-20(9-4-10-20)13-18(21)24-17-8-7-14-11-16(19(22)23-2)6-5-15(14)12-17/h5-8,11-12H,3-4,9-10,13H2,1-2H3. The Bertz CT molecular complexity index is 769. The number of carbonyl (C=O) groups is 2. The Morgan fingerprint density at radius 1 is 1.08 bits per heavy atom. The Hall–Kier alpha value is -2.36. The third kappa shape index (κ3) is 3.28. The highest BCUT2D eigenvalue weighted by atomic mass is 16.5. The average Bonchev–Trinajstić information content (AvgIpc) is 2.57. The van der Waals surface area contributed by atoms with Gasteiger partial charge in [0.1, 0.15) is 5.75 Å². The zero-order chi connectivity index (χ0) is 17.2. The maximum absolute atomic E-state index is 12.2. The van der Waals surface area contributed by atoms with Gasteiger partial charge in [-0.05, 0) is 59.7 Å². The highest BCUT2D eigenvalue weighted by Crippen LogP contribution is 2.46. The van der Waals surface area contributed by atoms with E-state index in [4.69, 9.17) is 9.47 Å². The summed E-state index contributed by atoms with van der Waals surface area (Å²) in [4.78, 5) is 23.8. The van der Waals surface area contributed by atoms with E-state index in [1.54, 1.807) is 18.2 Å². The molecule has 4 nitrogen and oxygen atoms in total. The van der Waals surface area contributed by atoms with Gasteiger partial charge in [0, 0.05) is 0 Å². The van der Waals surface area contributed by atoms with Crippen molar-refractivity contribution >= 4 is 22.7 Å². The quantitative estimate of drug-likeness (QED) is 0.599. The minimum Gasteiger partial charge on any atom is -0.465 e. The fourth-order valence-electron chi connectivity index (χ4n) is 3.34. The fraction of sp³-hybridized carbons (Fsp3) is 0.400. The molecule has 0 atom stereocenters. The molecule has 0 N–H and O–H groups in total. The molecule has 4 heteroatoms. The first-order valence-electron chi connectivity index (χ1n) is 8.38. The Morgan fingerprint density at radius 2 is 1.79 bits per heavy atom. The van der Waals surface area contributed by atoms with Gasteiger partial charge in [-0.1, -0.05) is 25.5 Å². The number of rotatable bonds is 5. The molecule has 24 heavy (non-hydrogen) atoms. The van der Waals surface area contributed by atoms with Crippen molar-refractivity contribution in [2.75, 3.05) is 7.11 Å². The van der Waals surface area contributed by atoms with Gasteiger partial charge in [0.15, 0.2) is 0 Å². The monoisotopic (exact) mass is 326 g/mol. The molecule has 126 valence electrons. The van der Waals surface area contributed by atoms with E-state index in [0.29, 0.717) is 17.7 Å². The lowest BCUT2D eigenvalue weighted by molar-refractivity contribution is -0.138. The van der Waals surface area contributed by atoms with E-state index in [1.165, 1.54) is 13.5 Å². The van der Waals surface area contributed by atoms with Crippen molar-refractivity contribution in [3.63, 3.8) is 0 Å². The molecule has 1 fully saturated rings. The number of methoxy groups -OCH3 is 1. The van der Waals surface area contributed by atoms with Gasteiger partial charge in [-0.2, -0.15) is 0 Å². The van der Waals surface area contributed by atoms with Crippen molar-refractivity contribution in [3.05, 3.63) is 42.0 Å². The van der Waals surface area contributed by atoms with Crippen LogP contribution in [0.1, 0.15) is 49.4 Å². The first kappa shape index (κ1) is 16.5. The normalized spacial score (nSPS) is 15.6. The second kappa shape index (κ2) is 6.63. The summed E-state index contributed by atoms with van der Waals surface area (Å²) in [5.41, 5.74) is 0.660. The van der Waals surface area contributed by atoms with E-state index >= 15 is 0 Å². The van der Waals surface area contributed by atoms with Gasteiger partial charge in [0.05, 0.1) is 19.1 Å². The largest absolute Gasteiger partial charge is 0.465 e. The molecule has 0 aliphatic heterocycles. The van der Waals surface area contributed by atoms with E-state index in [9.17, 15) is 9.59 Å². The molecule has 0 heterocycles. The van der Waals surface area contributed by atoms with Crippen LogP contribution in [0.3, 0.4) is 0 Å². The Morgan fingerprint density at radius 3 is 2.42 bits per heavy atom. The molecule has 0 bridgehead atoms. The second-order valence-electron chi connectivity index (χ2n) is 6.57. The van der Waals surface area contributed by atoms with Crippen molar-refractivity contribution < 1.29 is 19.1 Å². The van der Waals surface area contributed by atoms with Crippen LogP contribution in [0.25, 0.3) is 10.8 Å². The Balaban J connectivity index is 1.73. The Kier molecular flexibility index (Phi) is 4.56. The third-order valence-corrected chi connectivity index (χ3v) is 5.15. The summed E-state index contributed by atoms with van der Waals surface area (Å²) < 4.78 is 10.3. The molecule has 1 saturated carbocycles. The lowest BCUT2D eigenvalue weighted by atomic mass is 9.65. The van der Waals surface area contributed by atoms with Crippen LogP contribution in [0.15, 0.2) is 36.4 Å². The lowest BCUT2D eigenvalue weighted by Crippen LogP contribution is -2.32. The minimum absolute atomic E-state index is 0.156. The summed E-state index contributed by atoms with van der Waals surface area (Å²) in [5.74, 6) is 0.0174. The van der Waals surface area contributed by atoms with Gasteiger partial charge in [-0.3, -0.25) is 4.79 Å². The van der Waals surface area contributed by atoms with Crippen LogP contribution in [-0.2, 0) is 9.53 Å². The van der Waals surface area contributed by atoms with Crippen molar-refractivity contribution in [2.45, 2.75) is 39.0 Å². The van der Waals surface area contributed by atoms with Gasteiger partial charge in [-0.15, -0.1) is 0 Å². The molecule has 2 aromatic carbocycles. The predicted molar refractivity (Wildman–Crippen MR) is 92.1 cm³/mol. The average molecular weight is 326 g/mol. The summed E-state index contributed by atoms with van der Waals surface area (Å²) in [6.07, 6.45) is 4.96. The molecule has 0 unspecified atom stereocenters. The van der Waals surface area contributed by atoms with Crippen LogP contribution >= 0.6 is 0 Å². The zero-order valence-corrected chi connectivity index (χ0v) is 14.1. The maximum Gasteiger partial charge on any atom is 0.337 e. The van der Waals surface area contributed by atoms with Gasteiger partial charge in [0.2, 0.25) is 0 Å². The fourth-order valence-corrected chi connectivity index (χ4v) is 3.34. The number of carbonyl (C=O) groups excluding carboxylic acids is 2. The highest BCUT2D eigenvalue weighted by molar-refractivity contribution is 5.95. The van der Waals surface area contributed by atoms with Crippen LogP contribution in [-0.4, -0.2) is 19.0 Å². The molecule has 0 amide bonds. The molecule has 2 aromatic rings. The second-order valence-corrected chi connectivity index (χ2v) is 6.57. The van der Waals surface area contributed by atoms with Crippen LogP contribution in [0.2, 0.25) is 0 Å². The number of esters is 2. The maximum atomic E-state index is 12.2. The number of hydrogen-bond acceptors (Lipinski definition) is 4. The van der Waals surface area contributed by atoms with E-state index in [1.807, 2.05) is 18.2 Å². The summed E-state index contributed by atoms with van der Waals surface area (Å²) in [5, 5.41) is 1.82. The first-order valence-corrected chi connectivity index (χ1v) is 8.38. The van der Waals surface area contributed by atoms with Crippen LogP contribution in [0.4, 0.5) is 0 Å². The topological polar surface area (TPSA) is 52.6 Å².